The molecule has 0 unspecified atom stereocenters. The summed E-state index contributed by atoms with van der Waals surface area (Å²) in [5, 5.41) is 4.21. The molecule has 0 fully saturated rings. The Labute approximate surface area is 140 Å². The summed E-state index contributed by atoms with van der Waals surface area (Å²) in [6.07, 6.45) is 7.85. The molecule has 0 aromatic heterocycles. The maximum atomic E-state index is 6.47. The van der Waals surface area contributed by atoms with E-state index in [0.29, 0.717) is 0 Å². The first kappa shape index (κ1) is 19.4. The molecule has 0 radical (unpaired) electrons. The van der Waals surface area contributed by atoms with E-state index in [1.165, 1.54) is 58.7 Å². The normalized spacial score (nSPS) is 11.6. The van der Waals surface area contributed by atoms with Crippen LogP contribution in [0.2, 0.25) is 15.8 Å². The molecule has 0 saturated carbocycles. The number of hydrogen-bond acceptors (Lipinski definition) is 2. The Bertz CT molecular complexity index is 412. The van der Waals surface area contributed by atoms with E-state index in [9.17, 15) is 0 Å². The monoisotopic (exact) mass is 367 g/mol. The van der Waals surface area contributed by atoms with Crippen molar-refractivity contribution < 1.29 is 4.74 Å². The summed E-state index contributed by atoms with van der Waals surface area (Å²) in [5.41, 5.74) is 7.45. The van der Waals surface area contributed by atoms with Crippen molar-refractivity contribution in [3.63, 3.8) is 0 Å². The Hall–Kier alpha value is -0.637. The number of nitrogens with two attached hydrogens (primary N) is 1. The Kier molecular flexibility index (Phi) is 9.00. The fraction of sp³-hybridized carbons (Fsp3) is 0.684. The molecule has 126 valence electrons. The predicted octanol–water partition coefficient (Wildman–Crippen LogP) is 5.33. The molecule has 1 aromatic rings. The van der Waals surface area contributed by atoms with E-state index in [2.05, 4.69) is 32.9 Å². The van der Waals surface area contributed by atoms with Crippen molar-refractivity contribution in [2.45, 2.75) is 75.1 Å². The van der Waals surface area contributed by atoms with Gasteiger partial charge in [-0.05, 0) is 0 Å². The average Bonchev–Trinajstić information content (AvgIpc) is 2.54. The molecule has 0 bridgehead atoms. The van der Waals surface area contributed by atoms with Gasteiger partial charge in [-0.1, -0.05) is 0 Å². The summed E-state index contributed by atoms with van der Waals surface area (Å²) in [6.45, 7) is 6.91. The van der Waals surface area contributed by atoms with Crippen LogP contribution >= 0.6 is 0 Å². The number of benzene rings is 1. The summed E-state index contributed by atoms with van der Waals surface area (Å²) in [6, 6.07) is 6.24. The molecule has 0 heterocycles. The van der Waals surface area contributed by atoms with Crippen molar-refractivity contribution in [1.29, 1.82) is 0 Å². The molecule has 0 aliphatic rings. The van der Waals surface area contributed by atoms with Crippen LogP contribution in [0.4, 0.5) is 5.69 Å². The number of hydrogen-bond donors (Lipinski definition) is 1. The van der Waals surface area contributed by atoms with E-state index >= 15 is 0 Å². The Morgan fingerprint density at radius 1 is 0.909 bits per heavy atom. The van der Waals surface area contributed by atoms with Gasteiger partial charge < -0.3 is 0 Å². The molecule has 1 rings (SSSR count). The van der Waals surface area contributed by atoms with E-state index in [-0.39, 0.29) is 0 Å². The van der Waals surface area contributed by atoms with Crippen LogP contribution in [0.1, 0.15) is 59.3 Å². The number of ether oxygens (including phenoxy) is 1. The molecule has 2 N–H and O–H groups in total. The fourth-order valence-electron chi connectivity index (χ4n) is 3.58. The minimum atomic E-state index is -2.22. The zero-order chi connectivity index (χ0) is 16.4. The quantitative estimate of drug-likeness (QED) is 0.424. The van der Waals surface area contributed by atoms with Crippen molar-refractivity contribution in [3.8, 4) is 5.75 Å². The predicted molar refractivity (Wildman–Crippen MR) is 102 cm³/mol. The summed E-state index contributed by atoms with van der Waals surface area (Å²) < 4.78 is 7.20. The van der Waals surface area contributed by atoms with Crippen LogP contribution in [-0.2, 0) is 0 Å². The maximum absolute atomic E-state index is 6.47. The van der Waals surface area contributed by atoms with E-state index < -0.39 is 13.3 Å². The Morgan fingerprint density at radius 2 is 1.41 bits per heavy atom. The van der Waals surface area contributed by atoms with E-state index in [1.54, 1.807) is 7.11 Å². The summed E-state index contributed by atoms with van der Waals surface area (Å²) in [4.78, 5) is 0. The molecular weight excluding hydrogens is 331 g/mol. The van der Waals surface area contributed by atoms with Gasteiger partial charge in [0.15, 0.2) is 0 Å². The molecule has 22 heavy (non-hydrogen) atoms. The number of methoxy groups -OCH3 is 1. The van der Waals surface area contributed by atoms with Crippen LogP contribution in [0, 0.1) is 0 Å². The summed E-state index contributed by atoms with van der Waals surface area (Å²) in [5.74, 6) is 1.06. The van der Waals surface area contributed by atoms with Gasteiger partial charge in [0.2, 0.25) is 0 Å². The van der Waals surface area contributed by atoms with Gasteiger partial charge in [0.1, 0.15) is 0 Å². The van der Waals surface area contributed by atoms with Gasteiger partial charge in [-0.3, -0.25) is 0 Å². The number of rotatable bonds is 11. The third-order valence-corrected chi connectivity index (χ3v) is 16.4. The van der Waals surface area contributed by atoms with Gasteiger partial charge >= 0.3 is 140 Å². The van der Waals surface area contributed by atoms with Crippen molar-refractivity contribution in [2.75, 3.05) is 12.8 Å². The first-order valence-electron chi connectivity index (χ1n) is 9.08. The van der Waals surface area contributed by atoms with E-state index in [4.69, 9.17) is 10.5 Å². The molecule has 3 heteroatoms. The molecule has 0 saturated heterocycles. The third kappa shape index (κ3) is 4.94. The van der Waals surface area contributed by atoms with Gasteiger partial charge in [0.05, 0.1) is 0 Å². The number of unbranched alkanes of at least 4 members (excludes halogenated alkanes) is 3. The zero-order valence-corrected chi connectivity index (χ0v) is 17.2. The van der Waals surface area contributed by atoms with Gasteiger partial charge in [-0.2, -0.15) is 0 Å². The first-order valence-corrected chi connectivity index (χ1v) is 14.6. The SMILES string of the molecule is CCC[CH2][Ge]([CH2]CCC)([CH2]CCC)[c]1c(N)cccc1OC. The van der Waals surface area contributed by atoms with Crippen LogP contribution in [0.3, 0.4) is 0 Å². The van der Waals surface area contributed by atoms with Crippen LogP contribution in [-0.4, -0.2) is 20.4 Å². The van der Waals surface area contributed by atoms with Crippen LogP contribution < -0.4 is 14.9 Å². The molecule has 0 spiro atoms. The Morgan fingerprint density at radius 3 is 1.82 bits per heavy atom. The van der Waals surface area contributed by atoms with Crippen molar-refractivity contribution in [2.24, 2.45) is 0 Å². The molecular formula is C19H35GeNO. The second kappa shape index (κ2) is 10.2. The molecule has 0 aliphatic carbocycles. The molecule has 0 atom stereocenters. The Balaban J connectivity index is 3.30. The van der Waals surface area contributed by atoms with Gasteiger partial charge in [0.25, 0.3) is 0 Å². The molecule has 2 nitrogen and oxygen atoms in total. The molecule has 0 aliphatic heterocycles. The van der Waals surface area contributed by atoms with Gasteiger partial charge in [0, 0.05) is 0 Å². The van der Waals surface area contributed by atoms with E-state index in [0.717, 1.165) is 11.4 Å². The molecule has 0 amide bonds. The van der Waals surface area contributed by atoms with Crippen LogP contribution in [0.25, 0.3) is 0 Å². The van der Waals surface area contributed by atoms with Gasteiger partial charge in [-0.15, -0.1) is 0 Å². The fourth-order valence-corrected chi connectivity index (χ4v) is 16.2. The van der Waals surface area contributed by atoms with Crippen molar-refractivity contribution >= 4 is 23.3 Å². The second-order valence-electron chi connectivity index (χ2n) is 6.52. The number of anilines is 1. The van der Waals surface area contributed by atoms with Gasteiger partial charge in [-0.25, -0.2) is 0 Å². The van der Waals surface area contributed by atoms with Crippen LogP contribution in [0.5, 0.6) is 5.75 Å². The van der Waals surface area contributed by atoms with Crippen molar-refractivity contribution in [3.05, 3.63) is 18.2 Å². The standard InChI is InChI=1S/C19H35GeNO/c1-5-8-14-20(15-9-6-2,16-10-7-3)19-17(21)12-11-13-18(19)22-4/h11-13H,5-10,14-16,21H2,1-4H3. The summed E-state index contributed by atoms with van der Waals surface area (Å²) in [7, 11) is 1.80. The zero-order valence-electron chi connectivity index (χ0n) is 15.1. The minimum absolute atomic E-state index is 0.989. The van der Waals surface area contributed by atoms with E-state index in [1.807, 2.05) is 6.07 Å². The van der Waals surface area contributed by atoms with Crippen molar-refractivity contribution in [1.82, 2.24) is 0 Å². The second-order valence-corrected chi connectivity index (χ2v) is 16.1. The third-order valence-electron chi connectivity index (χ3n) is 4.84. The molecule has 1 aromatic carbocycles. The topological polar surface area (TPSA) is 35.2 Å². The average molecular weight is 366 g/mol. The van der Waals surface area contributed by atoms with Crippen LogP contribution in [0.15, 0.2) is 18.2 Å². The number of nitrogen functional groups attached to an aromatic ring is 1. The summed E-state index contributed by atoms with van der Waals surface area (Å²) >= 11 is -2.22. The first-order chi connectivity index (χ1) is 10.6.